The van der Waals surface area contributed by atoms with Crippen LogP contribution in [0.4, 0.5) is 0 Å². The molecule has 0 aliphatic carbocycles. The Hall–Kier alpha value is -1.85. The average molecular weight is 357 g/mol. The molecule has 5 heteroatoms. The fraction of sp³-hybridized carbons (Fsp3) is 0.263. The van der Waals surface area contributed by atoms with E-state index in [4.69, 9.17) is 0 Å². The van der Waals surface area contributed by atoms with Gasteiger partial charge in [0.1, 0.15) is 0 Å². The van der Waals surface area contributed by atoms with Gasteiger partial charge in [0, 0.05) is 6.54 Å². The summed E-state index contributed by atoms with van der Waals surface area (Å²) in [6.45, 7) is 4.70. The van der Waals surface area contributed by atoms with E-state index in [1.165, 1.54) is 17.3 Å². The summed E-state index contributed by atoms with van der Waals surface area (Å²) in [6, 6.07) is 18.3. The standard InChI is InChI=1S/C19H20N2OS2/c1-13(15-8-4-3-5-9-15)12-20-18(22)14(2)23-19-21-16-10-6-7-11-17(16)24-19/h3-11,13-14H,12H2,1-2H3,(H,20,22)/t13-,14-/m0/s1. The average Bonchev–Trinajstić information content (AvgIpc) is 3.02. The van der Waals surface area contributed by atoms with Gasteiger partial charge in [0.05, 0.1) is 15.5 Å². The molecule has 0 aliphatic heterocycles. The van der Waals surface area contributed by atoms with Gasteiger partial charge in [-0.1, -0.05) is 61.2 Å². The van der Waals surface area contributed by atoms with Crippen molar-refractivity contribution in [3.8, 4) is 0 Å². The maximum Gasteiger partial charge on any atom is 0.233 e. The predicted octanol–water partition coefficient (Wildman–Crippen LogP) is 4.70. The van der Waals surface area contributed by atoms with Crippen LogP contribution < -0.4 is 5.32 Å². The number of para-hydroxylation sites is 1. The number of fused-ring (bicyclic) bond motifs is 1. The Kier molecular flexibility index (Phi) is 5.53. The summed E-state index contributed by atoms with van der Waals surface area (Å²) in [5.74, 6) is 0.358. The lowest BCUT2D eigenvalue weighted by molar-refractivity contribution is -0.120. The van der Waals surface area contributed by atoms with Crippen LogP contribution in [0.25, 0.3) is 10.2 Å². The van der Waals surface area contributed by atoms with Crippen LogP contribution in [0.3, 0.4) is 0 Å². The number of aromatic nitrogens is 1. The minimum atomic E-state index is -0.159. The van der Waals surface area contributed by atoms with E-state index < -0.39 is 0 Å². The summed E-state index contributed by atoms with van der Waals surface area (Å²) in [6.07, 6.45) is 0. The number of hydrogen-bond donors (Lipinski definition) is 1. The van der Waals surface area contributed by atoms with Crippen LogP contribution in [0.1, 0.15) is 25.3 Å². The first kappa shape index (κ1) is 17.0. The van der Waals surface area contributed by atoms with Gasteiger partial charge >= 0.3 is 0 Å². The summed E-state index contributed by atoms with van der Waals surface area (Å²) in [4.78, 5) is 16.9. The van der Waals surface area contributed by atoms with Crippen LogP contribution in [0.5, 0.6) is 0 Å². The molecule has 2 atom stereocenters. The smallest absolute Gasteiger partial charge is 0.233 e. The molecule has 1 amide bonds. The number of nitrogens with one attached hydrogen (secondary N) is 1. The minimum Gasteiger partial charge on any atom is -0.355 e. The van der Waals surface area contributed by atoms with E-state index in [1.807, 2.05) is 43.3 Å². The van der Waals surface area contributed by atoms with E-state index in [9.17, 15) is 4.79 Å². The van der Waals surface area contributed by atoms with Gasteiger partial charge < -0.3 is 5.32 Å². The zero-order valence-electron chi connectivity index (χ0n) is 13.7. The molecule has 1 heterocycles. The van der Waals surface area contributed by atoms with Gasteiger partial charge in [0.25, 0.3) is 0 Å². The van der Waals surface area contributed by atoms with Crippen molar-refractivity contribution in [2.45, 2.75) is 29.4 Å². The molecule has 0 fully saturated rings. The van der Waals surface area contributed by atoms with Gasteiger partial charge in [-0.15, -0.1) is 11.3 Å². The molecule has 24 heavy (non-hydrogen) atoms. The highest BCUT2D eigenvalue weighted by atomic mass is 32.2. The zero-order valence-corrected chi connectivity index (χ0v) is 15.4. The molecule has 3 aromatic rings. The van der Waals surface area contributed by atoms with Crippen LogP contribution in [0.2, 0.25) is 0 Å². The number of nitrogens with zero attached hydrogens (tertiary/aromatic N) is 1. The van der Waals surface area contributed by atoms with E-state index in [2.05, 4.69) is 35.4 Å². The fourth-order valence-corrected chi connectivity index (χ4v) is 4.64. The summed E-state index contributed by atoms with van der Waals surface area (Å²) < 4.78 is 2.10. The summed E-state index contributed by atoms with van der Waals surface area (Å²) >= 11 is 3.16. The molecule has 124 valence electrons. The summed E-state index contributed by atoms with van der Waals surface area (Å²) in [7, 11) is 0. The van der Waals surface area contributed by atoms with Gasteiger partial charge in [-0.25, -0.2) is 4.98 Å². The van der Waals surface area contributed by atoms with E-state index >= 15 is 0 Å². The van der Waals surface area contributed by atoms with Crippen LogP contribution in [0, 0.1) is 0 Å². The Labute approximate surface area is 150 Å². The van der Waals surface area contributed by atoms with E-state index in [-0.39, 0.29) is 11.2 Å². The molecule has 3 rings (SSSR count). The minimum absolute atomic E-state index is 0.0574. The summed E-state index contributed by atoms with van der Waals surface area (Å²) in [5.41, 5.74) is 2.24. The lowest BCUT2D eigenvalue weighted by Crippen LogP contribution is -2.33. The monoisotopic (exact) mass is 356 g/mol. The highest BCUT2D eigenvalue weighted by Crippen LogP contribution is 2.31. The fourth-order valence-electron chi connectivity index (χ4n) is 2.40. The topological polar surface area (TPSA) is 42.0 Å². The Bertz CT molecular complexity index is 783. The van der Waals surface area contributed by atoms with Gasteiger partial charge in [-0.2, -0.15) is 0 Å². The third-order valence-corrected chi connectivity index (χ3v) is 6.10. The molecule has 1 N–H and O–H groups in total. The number of carbonyl (C=O) groups is 1. The van der Waals surface area contributed by atoms with Crippen LogP contribution in [-0.4, -0.2) is 22.7 Å². The molecule has 0 bridgehead atoms. The van der Waals surface area contributed by atoms with Crippen LogP contribution in [-0.2, 0) is 4.79 Å². The number of benzene rings is 2. The molecule has 3 nitrogen and oxygen atoms in total. The van der Waals surface area contributed by atoms with Gasteiger partial charge in [-0.05, 0) is 30.5 Å². The molecule has 0 saturated carbocycles. The first-order chi connectivity index (χ1) is 11.6. The van der Waals surface area contributed by atoms with Crippen LogP contribution >= 0.6 is 23.1 Å². The Balaban J connectivity index is 1.54. The van der Waals surface area contributed by atoms with Crippen molar-refractivity contribution in [1.82, 2.24) is 10.3 Å². The molecule has 0 spiro atoms. The van der Waals surface area contributed by atoms with Crippen LogP contribution in [0.15, 0.2) is 58.9 Å². The second kappa shape index (κ2) is 7.81. The lowest BCUT2D eigenvalue weighted by Gasteiger charge is -2.15. The number of carbonyl (C=O) groups excluding carboxylic acids is 1. The number of amides is 1. The van der Waals surface area contributed by atoms with Crippen molar-refractivity contribution in [1.29, 1.82) is 0 Å². The third-order valence-electron chi connectivity index (χ3n) is 3.87. The lowest BCUT2D eigenvalue weighted by atomic mass is 10.0. The van der Waals surface area contributed by atoms with E-state index in [0.717, 1.165) is 14.6 Å². The number of thioether (sulfide) groups is 1. The number of hydrogen-bond acceptors (Lipinski definition) is 4. The molecule has 2 aromatic carbocycles. The highest BCUT2D eigenvalue weighted by Gasteiger charge is 2.17. The van der Waals surface area contributed by atoms with E-state index in [0.29, 0.717) is 12.5 Å². The van der Waals surface area contributed by atoms with E-state index in [1.54, 1.807) is 11.3 Å². The molecule has 0 radical (unpaired) electrons. The van der Waals surface area contributed by atoms with Gasteiger partial charge in [-0.3, -0.25) is 4.79 Å². The van der Waals surface area contributed by atoms with Crippen molar-refractivity contribution in [3.63, 3.8) is 0 Å². The Morgan fingerprint density at radius 2 is 1.83 bits per heavy atom. The molecule has 1 aromatic heterocycles. The van der Waals surface area contributed by atoms with Crippen molar-refractivity contribution >= 4 is 39.2 Å². The Morgan fingerprint density at radius 1 is 1.12 bits per heavy atom. The number of thiazole rings is 1. The number of rotatable bonds is 6. The molecule has 0 unspecified atom stereocenters. The second-order valence-electron chi connectivity index (χ2n) is 5.76. The maximum atomic E-state index is 12.3. The largest absolute Gasteiger partial charge is 0.355 e. The van der Waals surface area contributed by atoms with Gasteiger partial charge in [0.15, 0.2) is 4.34 Å². The second-order valence-corrected chi connectivity index (χ2v) is 8.38. The van der Waals surface area contributed by atoms with Gasteiger partial charge in [0.2, 0.25) is 5.91 Å². The zero-order chi connectivity index (χ0) is 16.9. The van der Waals surface area contributed by atoms with Crippen molar-refractivity contribution in [3.05, 3.63) is 60.2 Å². The normalized spacial score (nSPS) is 13.6. The predicted molar refractivity (Wildman–Crippen MR) is 103 cm³/mol. The quantitative estimate of drug-likeness (QED) is 0.651. The highest BCUT2D eigenvalue weighted by molar-refractivity contribution is 8.02. The summed E-state index contributed by atoms with van der Waals surface area (Å²) in [5, 5.41) is 2.89. The molecular formula is C19H20N2OS2. The molecular weight excluding hydrogens is 336 g/mol. The van der Waals surface area contributed by atoms with Crippen molar-refractivity contribution in [2.75, 3.05) is 6.54 Å². The van der Waals surface area contributed by atoms with Crippen molar-refractivity contribution in [2.24, 2.45) is 0 Å². The Morgan fingerprint density at radius 3 is 2.58 bits per heavy atom. The maximum absolute atomic E-state index is 12.3. The third kappa shape index (κ3) is 4.16. The van der Waals surface area contributed by atoms with Crippen molar-refractivity contribution < 1.29 is 4.79 Å². The first-order valence-electron chi connectivity index (χ1n) is 7.98. The molecule has 0 aliphatic rings. The molecule has 0 saturated heterocycles. The SMILES string of the molecule is C[C@H](Sc1nc2ccccc2s1)C(=O)NC[C@H](C)c1ccccc1. The first-order valence-corrected chi connectivity index (χ1v) is 9.68.